The first-order valence-electron chi connectivity index (χ1n) is 11.4. The molecule has 1 aromatic carbocycles. The Kier molecular flexibility index (Phi) is 6.96. The molecular weight excluding hydrogens is 452 g/mol. The van der Waals surface area contributed by atoms with E-state index in [4.69, 9.17) is 19.9 Å². The molecule has 1 atom stereocenters. The Morgan fingerprint density at radius 3 is 2.69 bits per heavy atom. The Balaban J connectivity index is 1.68. The smallest absolute Gasteiger partial charge is 0.409 e. The van der Waals surface area contributed by atoms with Crippen LogP contribution in [0.5, 0.6) is 11.6 Å². The molecule has 184 valence electrons. The summed E-state index contributed by atoms with van der Waals surface area (Å²) in [7, 11) is 1.34. The van der Waals surface area contributed by atoms with Crippen molar-refractivity contribution in [3.63, 3.8) is 0 Å². The van der Waals surface area contributed by atoms with Crippen molar-refractivity contribution in [1.29, 1.82) is 0 Å². The van der Waals surface area contributed by atoms with E-state index in [1.165, 1.54) is 7.11 Å². The van der Waals surface area contributed by atoms with E-state index in [1.807, 2.05) is 13.8 Å². The van der Waals surface area contributed by atoms with Crippen molar-refractivity contribution in [3.8, 4) is 23.5 Å². The molecular formula is C25H28N4O6. The maximum absolute atomic E-state index is 12.2. The molecule has 3 heterocycles. The Morgan fingerprint density at radius 2 is 2.06 bits per heavy atom. The van der Waals surface area contributed by atoms with E-state index in [2.05, 4.69) is 22.1 Å². The number of pyridine rings is 1. The van der Waals surface area contributed by atoms with Crippen molar-refractivity contribution in [1.82, 2.24) is 15.2 Å². The van der Waals surface area contributed by atoms with Crippen molar-refractivity contribution in [2.45, 2.75) is 38.8 Å². The van der Waals surface area contributed by atoms with Crippen molar-refractivity contribution in [2.75, 3.05) is 26.8 Å². The van der Waals surface area contributed by atoms with Crippen LogP contribution in [-0.2, 0) is 9.53 Å². The van der Waals surface area contributed by atoms with Gasteiger partial charge in [-0.2, -0.15) is 0 Å². The van der Waals surface area contributed by atoms with Gasteiger partial charge in [0.15, 0.2) is 0 Å². The minimum atomic E-state index is -0.623. The molecule has 0 aliphatic carbocycles. The Hall–Kier alpha value is -4.00. The molecule has 2 fully saturated rings. The molecule has 0 spiro atoms. The molecule has 35 heavy (non-hydrogen) atoms. The number of hydrogen-bond acceptors (Lipinski definition) is 7. The van der Waals surface area contributed by atoms with Crippen molar-refractivity contribution in [3.05, 3.63) is 29.5 Å². The molecule has 1 aromatic heterocycles. The van der Waals surface area contributed by atoms with Gasteiger partial charge in [-0.3, -0.25) is 9.59 Å². The Labute approximate surface area is 203 Å². The van der Waals surface area contributed by atoms with Gasteiger partial charge in [0.05, 0.1) is 36.3 Å². The van der Waals surface area contributed by atoms with E-state index in [1.54, 1.807) is 23.2 Å². The van der Waals surface area contributed by atoms with Crippen LogP contribution in [0.1, 0.15) is 42.6 Å². The second-order valence-corrected chi connectivity index (χ2v) is 8.86. The largest absolute Gasteiger partial charge is 0.490 e. The second kappa shape index (κ2) is 10.1. The number of aromatic nitrogens is 1. The van der Waals surface area contributed by atoms with E-state index in [-0.39, 0.29) is 42.2 Å². The number of hydrogen-bond donors (Lipinski definition) is 2. The number of nitrogens with one attached hydrogen (secondary N) is 1. The number of carbonyl (C=O) groups excluding carboxylic acids is 3. The van der Waals surface area contributed by atoms with Gasteiger partial charge in [0.25, 0.3) is 5.91 Å². The van der Waals surface area contributed by atoms with Crippen LogP contribution in [0, 0.1) is 17.8 Å². The average Bonchev–Trinajstić information content (AvgIpc) is 3.20. The molecule has 0 radical (unpaired) electrons. The molecule has 3 amide bonds. The van der Waals surface area contributed by atoms with E-state index in [9.17, 15) is 14.4 Å². The van der Waals surface area contributed by atoms with Crippen LogP contribution < -0.4 is 20.5 Å². The molecule has 0 bridgehead atoms. The molecule has 10 nitrogen and oxygen atoms in total. The quantitative estimate of drug-likeness (QED) is 0.603. The number of primary amides is 1. The van der Waals surface area contributed by atoms with Crippen molar-refractivity contribution in [2.24, 2.45) is 11.7 Å². The highest BCUT2D eigenvalue weighted by molar-refractivity contribution is 6.03. The lowest BCUT2D eigenvalue weighted by Crippen LogP contribution is -2.49. The highest BCUT2D eigenvalue weighted by atomic mass is 16.5. The van der Waals surface area contributed by atoms with Crippen LogP contribution in [0.3, 0.4) is 0 Å². The zero-order valence-corrected chi connectivity index (χ0v) is 19.9. The molecule has 10 heteroatoms. The number of ether oxygens (including phenoxy) is 3. The fraction of sp³-hybridized carbons (Fsp3) is 0.440. The summed E-state index contributed by atoms with van der Waals surface area (Å²) in [5.41, 5.74) is 6.47. The maximum atomic E-state index is 12.2. The predicted octanol–water partition coefficient (Wildman–Crippen LogP) is 1.83. The van der Waals surface area contributed by atoms with Gasteiger partial charge in [0, 0.05) is 36.5 Å². The number of benzene rings is 1. The monoisotopic (exact) mass is 480 g/mol. The third kappa shape index (κ3) is 5.40. The number of amides is 3. The summed E-state index contributed by atoms with van der Waals surface area (Å²) in [6, 6.07) is 3.25. The first-order chi connectivity index (χ1) is 16.7. The first kappa shape index (κ1) is 24.1. The lowest BCUT2D eigenvalue weighted by atomic mass is 9.99. The predicted molar refractivity (Wildman–Crippen MR) is 127 cm³/mol. The minimum absolute atomic E-state index is 0.00233. The third-order valence-electron chi connectivity index (χ3n) is 5.81. The zero-order valence-electron chi connectivity index (χ0n) is 19.9. The van der Waals surface area contributed by atoms with Crippen LogP contribution in [0.2, 0.25) is 0 Å². The summed E-state index contributed by atoms with van der Waals surface area (Å²) in [4.78, 5) is 41.3. The lowest BCUT2D eigenvalue weighted by molar-refractivity contribution is -0.119. The van der Waals surface area contributed by atoms with Crippen molar-refractivity contribution >= 4 is 28.7 Å². The third-order valence-corrected chi connectivity index (χ3v) is 5.81. The van der Waals surface area contributed by atoms with Gasteiger partial charge in [-0.25, -0.2) is 9.78 Å². The lowest BCUT2D eigenvalue weighted by Gasteiger charge is -2.34. The first-order valence-corrected chi connectivity index (χ1v) is 11.4. The van der Waals surface area contributed by atoms with Crippen molar-refractivity contribution < 1.29 is 28.6 Å². The molecule has 2 aromatic rings. The Bertz CT molecular complexity index is 1230. The molecule has 0 saturated carbocycles. The van der Waals surface area contributed by atoms with Gasteiger partial charge in [-0.15, -0.1) is 0 Å². The normalized spacial score (nSPS) is 17.4. The number of likely N-dealkylation sites (tertiary alicyclic amines) is 1. The molecule has 2 aliphatic heterocycles. The maximum Gasteiger partial charge on any atom is 0.409 e. The van der Waals surface area contributed by atoms with E-state index in [0.717, 1.165) is 0 Å². The van der Waals surface area contributed by atoms with Gasteiger partial charge in [-0.1, -0.05) is 11.8 Å². The highest BCUT2D eigenvalue weighted by Gasteiger charge is 2.30. The number of methoxy groups -OCH3 is 1. The van der Waals surface area contributed by atoms with E-state index < -0.39 is 5.91 Å². The van der Waals surface area contributed by atoms with Gasteiger partial charge < -0.3 is 30.2 Å². The summed E-state index contributed by atoms with van der Waals surface area (Å²) in [6.07, 6.45) is 2.19. The SMILES string of the molecule is COC(=O)N1CC(C#Cc2cnc(OC[C@@H]3CCC(=O)N3)c3cc(OC(C)C)c(C(N)=O)cc23)C1. The number of rotatable bonds is 6. The number of nitrogens with zero attached hydrogens (tertiary/aromatic N) is 2. The average molecular weight is 481 g/mol. The summed E-state index contributed by atoms with van der Waals surface area (Å²) >= 11 is 0. The van der Waals surface area contributed by atoms with Crippen LogP contribution in [0.4, 0.5) is 4.79 Å². The molecule has 4 rings (SSSR count). The van der Waals surface area contributed by atoms with Gasteiger partial charge in [0.2, 0.25) is 11.8 Å². The standard InChI is InChI=1S/C25H28N4O6/c1-14(2)35-21-9-19-18(8-20(21)23(26)31)16(5-4-15-11-29(12-15)25(32)33-3)10-27-24(19)34-13-17-6-7-22(30)28-17/h8-10,14-15,17H,6-7,11-13H2,1-3H3,(H2,26,31)(H,28,30)/t17-/m0/s1. The summed E-state index contributed by atoms with van der Waals surface area (Å²) in [5.74, 6) is 6.35. The molecule has 2 aliphatic rings. The number of fused-ring (bicyclic) bond motifs is 1. The highest BCUT2D eigenvalue weighted by Crippen LogP contribution is 2.33. The second-order valence-electron chi connectivity index (χ2n) is 8.86. The van der Waals surface area contributed by atoms with E-state index in [0.29, 0.717) is 53.9 Å². The Morgan fingerprint density at radius 1 is 1.29 bits per heavy atom. The molecule has 3 N–H and O–H groups in total. The summed E-state index contributed by atoms with van der Waals surface area (Å²) in [6.45, 7) is 4.94. The fourth-order valence-electron chi connectivity index (χ4n) is 4.01. The van der Waals surface area contributed by atoms with Gasteiger partial charge in [-0.05, 0) is 32.4 Å². The van der Waals surface area contributed by atoms with Crippen LogP contribution in [0.15, 0.2) is 18.3 Å². The number of nitrogens with two attached hydrogens (primary N) is 1. The van der Waals surface area contributed by atoms with Crippen LogP contribution in [0.25, 0.3) is 10.8 Å². The summed E-state index contributed by atoms with van der Waals surface area (Å²) < 4.78 is 16.5. The van der Waals surface area contributed by atoms with Gasteiger partial charge >= 0.3 is 6.09 Å². The van der Waals surface area contributed by atoms with Crippen LogP contribution in [-0.4, -0.2) is 66.7 Å². The summed E-state index contributed by atoms with van der Waals surface area (Å²) in [5, 5.41) is 4.13. The fourth-order valence-corrected chi connectivity index (χ4v) is 4.01. The van der Waals surface area contributed by atoms with E-state index >= 15 is 0 Å². The number of carbonyl (C=O) groups is 3. The zero-order chi connectivity index (χ0) is 25.1. The minimum Gasteiger partial charge on any atom is -0.490 e. The van der Waals surface area contributed by atoms with Gasteiger partial charge in [0.1, 0.15) is 12.4 Å². The van der Waals surface area contributed by atoms with Crippen LogP contribution >= 0.6 is 0 Å². The molecule has 2 saturated heterocycles. The molecule has 0 unspecified atom stereocenters. The topological polar surface area (TPSA) is 133 Å².